The molecule has 0 aliphatic rings. The second-order valence-corrected chi connectivity index (χ2v) is 6.33. The zero-order valence-corrected chi connectivity index (χ0v) is 15.1. The lowest BCUT2D eigenvalue weighted by molar-refractivity contribution is -0.142. The Labute approximate surface area is 152 Å². The summed E-state index contributed by atoms with van der Waals surface area (Å²) < 4.78 is 0. The Hall–Kier alpha value is -2.40. The summed E-state index contributed by atoms with van der Waals surface area (Å²) in [6.45, 7) is 3.31. The summed E-state index contributed by atoms with van der Waals surface area (Å²) >= 11 is 0. The van der Waals surface area contributed by atoms with Gasteiger partial charge in [0.05, 0.1) is 6.61 Å². The standard InChI is InChI=1S/C15H30N6O5/c1-8(2)6-11(14(25)26)21-13(24)10(4-3-5-19-15(17)18)20-12(23)9(16)7-22/h8-11,22H,3-7,16H2,1-2H3,(H,20,23)(H,21,24)(H,25,26)(H4,17,18,19). The minimum absolute atomic E-state index is 0.0501. The van der Waals surface area contributed by atoms with E-state index >= 15 is 0 Å². The van der Waals surface area contributed by atoms with Gasteiger partial charge >= 0.3 is 5.97 Å². The number of carbonyl (C=O) groups excluding carboxylic acids is 2. The molecule has 150 valence electrons. The SMILES string of the molecule is CC(C)CC(NC(=O)C(CCCN=C(N)N)NC(=O)C(N)CO)C(=O)O. The van der Waals surface area contributed by atoms with Crippen LogP contribution in [0.1, 0.15) is 33.1 Å². The monoisotopic (exact) mass is 374 g/mol. The lowest BCUT2D eigenvalue weighted by Gasteiger charge is -2.23. The van der Waals surface area contributed by atoms with Crippen LogP contribution in [0.15, 0.2) is 4.99 Å². The molecule has 10 N–H and O–H groups in total. The molecule has 0 aliphatic carbocycles. The van der Waals surface area contributed by atoms with Crippen LogP contribution in [0.5, 0.6) is 0 Å². The number of carboxylic acid groups (broad SMARTS) is 1. The Balaban J connectivity index is 5.02. The molecule has 0 saturated heterocycles. The highest BCUT2D eigenvalue weighted by atomic mass is 16.4. The topological polar surface area (TPSA) is 206 Å². The van der Waals surface area contributed by atoms with Crippen molar-refractivity contribution in [2.75, 3.05) is 13.2 Å². The summed E-state index contributed by atoms with van der Waals surface area (Å²) in [6, 6.07) is -3.29. The first-order valence-corrected chi connectivity index (χ1v) is 8.33. The van der Waals surface area contributed by atoms with Crippen molar-refractivity contribution in [3.05, 3.63) is 0 Å². The van der Waals surface area contributed by atoms with Crippen molar-refractivity contribution < 1.29 is 24.6 Å². The number of aliphatic carboxylic acids is 1. The molecule has 0 aliphatic heterocycles. The lowest BCUT2D eigenvalue weighted by Crippen LogP contribution is -2.55. The van der Waals surface area contributed by atoms with Crippen LogP contribution in [0.25, 0.3) is 0 Å². The van der Waals surface area contributed by atoms with Crippen molar-refractivity contribution in [2.45, 2.75) is 51.2 Å². The fourth-order valence-corrected chi connectivity index (χ4v) is 2.10. The molecule has 3 unspecified atom stereocenters. The second kappa shape index (κ2) is 12.0. The molecule has 3 atom stereocenters. The van der Waals surface area contributed by atoms with Crippen LogP contribution >= 0.6 is 0 Å². The predicted molar refractivity (Wildman–Crippen MR) is 95.9 cm³/mol. The molecule has 0 bridgehead atoms. The summed E-state index contributed by atoms with van der Waals surface area (Å²) in [4.78, 5) is 39.4. The molecule has 26 heavy (non-hydrogen) atoms. The number of carbonyl (C=O) groups is 3. The van der Waals surface area contributed by atoms with Crippen LogP contribution in [0, 0.1) is 5.92 Å². The van der Waals surface area contributed by atoms with Gasteiger partial charge in [0.25, 0.3) is 0 Å². The highest BCUT2D eigenvalue weighted by Gasteiger charge is 2.27. The van der Waals surface area contributed by atoms with Crippen LogP contribution in [0.4, 0.5) is 0 Å². The summed E-state index contributed by atoms with van der Waals surface area (Å²) in [5, 5.41) is 23.0. The van der Waals surface area contributed by atoms with Crippen molar-refractivity contribution in [1.29, 1.82) is 0 Å². The fraction of sp³-hybridized carbons (Fsp3) is 0.733. The van der Waals surface area contributed by atoms with Gasteiger partial charge < -0.3 is 38.0 Å². The number of guanidine groups is 1. The van der Waals surface area contributed by atoms with Gasteiger partial charge in [0.15, 0.2) is 5.96 Å². The molecule has 0 heterocycles. The molecule has 11 heteroatoms. The average Bonchev–Trinajstić information content (AvgIpc) is 2.54. The number of aliphatic imine (C=N–C) groups is 1. The molecule has 0 fully saturated rings. The predicted octanol–water partition coefficient (Wildman–Crippen LogP) is -2.54. The van der Waals surface area contributed by atoms with E-state index in [0.29, 0.717) is 6.42 Å². The first kappa shape index (κ1) is 23.6. The molecular weight excluding hydrogens is 344 g/mol. The molecule has 2 amide bonds. The van der Waals surface area contributed by atoms with Gasteiger partial charge in [-0.05, 0) is 25.2 Å². The third-order valence-electron chi connectivity index (χ3n) is 3.43. The zero-order chi connectivity index (χ0) is 20.3. The third kappa shape index (κ3) is 9.79. The van der Waals surface area contributed by atoms with E-state index in [1.165, 1.54) is 0 Å². The van der Waals surface area contributed by atoms with Crippen molar-refractivity contribution >= 4 is 23.7 Å². The minimum Gasteiger partial charge on any atom is -0.480 e. The Morgan fingerprint density at radius 3 is 2.12 bits per heavy atom. The van der Waals surface area contributed by atoms with Gasteiger partial charge in [-0.3, -0.25) is 14.6 Å². The number of amides is 2. The Bertz CT molecular complexity index is 507. The summed E-state index contributed by atoms with van der Waals surface area (Å²) in [7, 11) is 0. The molecule has 0 aromatic rings. The van der Waals surface area contributed by atoms with Gasteiger partial charge in [-0.15, -0.1) is 0 Å². The van der Waals surface area contributed by atoms with Gasteiger partial charge in [-0.1, -0.05) is 13.8 Å². The van der Waals surface area contributed by atoms with E-state index in [9.17, 15) is 19.5 Å². The number of nitrogens with zero attached hydrogens (tertiary/aromatic N) is 1. The number of aliphatic hydroxyl groups is 1. The Morgan fingerprint density at radius 1 is 1.08 bits per heavy atom. The number of hydrogen-bond acceptors (Lipinski definition) is 6. The van der Waals surface area contributed by atoms with Crippen molar-refractivity contribution in [3.63, 3.8) is 0 Å². The van der Waals surface area contributed by atoms with Crippen LogP contribution < -0.4 is 27.8 Å². The first-order valence-electron chi connectivity index (χ1n) is 8.33. The maximum absolute atomic E-state index is 12.4. The van der Waals surface area contributed by atoms with Gasteiger partial charge in [0, 0.05) is 6.54 Å². The summed E-state index contributed by atoms with van der Waals surface area (Å²) in [5.74, 6) is -2.58. The highest BCUT2D eigenvalue weighted by Crippen LogP contribution is 2.07. The van der Waals surface area contributed by atoms with Crippen LogP contribution in [0.3, 0.4) is 0 Å². The maximum atomic E-state index is 12.4. The molecule has 0 rings (SSSR count). The summed E-state index contributed by atoms with van der Waals surface area (Å²) in [5.41, 5.74) is 15.9. The van der Waals surface area contributed by atoms with E-state index in [4.69, 9.17) is 22.3 Å². The maximum Gasteiger partial charge on any atom is 0.326 e. The number of aliphatic hydroxyl groups excluding tert-OH is 1. The van der Waals surface area contributed by atoms with Crippen LogP contribution in [-0.4, -0.2) is 65.2 Å². The number of nitrogens with one attached hydrogen (secondary N) is 2. The van der Waals surface area contributed by atoms with Crippen molar-refractivity contribution in [2.24, 2.45) is 28.1 Å². The molecule has 0 radical (unpaired) electrons. The van der Waals surface area contributed by atoms with Gasteiger partial charge in [-0.2, -0.15) is 0 Å². The second-order valence-electron chi connectivity index (χ2n) is 6.33. The minimum atomic E-state index is -1.19. The summed E-state index contributed by atoms with van der Waals surface area (Å²) in [6.07, 6.45) is 0.777. The number of carboxylic acids is 1. The quantitative estimate of drug-likeness (QED) is 0.110. The molecule has 0 saturated carbocycles. The number of rotatable bonds is 12. The van der Waals surface area contributed by atoms with Crippen LogP contribution in [0.2, 0.25) is 0 Å². The van der Waals surface area contributed by atoms with Crippen molar-refractivity contribution in [1.82, 2.24) is 10.6 Å². The van der Waals surface area contributed by atoms with E-state index in [1.54, 1.807) is 0 Å². The van der Waals surface area contributed by atoms with Gasteiger partial charge in [-0.25, -0.2) is 4.79 Å². The molecule has 11 nitrogen and oxygen atoms in total. The van der Waals surface area contributed by atoms with E-state index < -0.39 is 42.5 Å². The molecule has 0 aromatic carbocycles. The number of hydrogen-bond donors (Lipinski definition) is 7. The fourth-order valence-electron chi connectivity index (χ4n) is 2.10. The van der Waals surface area contributed by atoms with Crippen LogP contribution in [-0.2, 0) is 14.4 Å². The largest absolute Gasteiger partial charge is 0.480 e. The van der Waals surface area contributed by atoms with E-state index in [0.717, 1.165) is 0 Å². The Morgan fingerprint density at radius 2 is 1.65 bits per heavy atom. The van der Waals surface area contributed by atoms with E-state index in [2.05, 4.69) is 15.6 Å². The smallest absolute Gasteiger partial charge is 0.326 e. The Kier molecular flexibility index (Phi) is 10.9. The normalized spacial score (nSPS) is 14.2. The van der Waals surface area contributed by atoms with Gasteiger partial charge in [0.2, 0.25) is 11.8 Å². The molecule has 0 aromatic heterocycles. The first-order chi connectivity index (χ1) is 12.1. The van der Waals surface area contributed by atoms with E-state index in [-0.39, 0.29) is 31.3 Å². The molecule has 0 spiro atoms. The van der Waals surface area contributed by atoms with E-state index in [1.807, 2.05) is 13.8 Å². The van der Waals surface area contributed by atoms with Crippen molar-refractivity contribution in [3.8, 4) is 0 Å². The lowest BCUT2D eigenvalue weighted by atomic mass is 10.0. The number of nitrogens with two attached hydrogens (primary N) is 3. The third-order valence-corrected chi connectivity index (χ3v) is 3.43. The average molecular weight is 374 g/mol. The highest BCUT2D eigenvalue weighted by molar-refractivity contribution is 5.91. The zero-order valence-electron chi connectivity index (χ0n) is 15.1. The van der Waals surface area contributed by atoms with Gasteiger partial charge in [0.1, 0.15) is 18.1 Å². The molecular formula is C15H30N6O5.